The van der Waals surface area contributed by atoms with Crippen molar-refractivity contribution in [2.45, 2.75) is 93.9 Å². The first-order valence-corrected chi connectivity index (χ1v) is 19.5. The van der Waals surface area contributed by atoms with Gasteiger partial charge in [-0.05, 0) is 45.0 Å². The number of ether oxygens (including phenoxy) is 1. The summed E-state index contributed by atoms with van der Waals surface area (Å²) in [6.07, 6.45) is -0.686. The number of sulfone groups is 1. The molecule has 1 N–H and O–H groups in total. The summed E-state index contributed by atoms with van der Waals surface area (Å²) in [4.78, 5) is 22.3. The molecule has 12 nitrogen and oxygen atoms in total. The molecule has 1 saturated heterocycles. The molecule has 264 valence electrons. The summed E-state index contributed by atoms with van der Waals surface area (Å²) in [5, 5.41) is 1.89. The predicted molar refractivity (Wildman–Crippen MR) is 185 cm³/mol. The van der Waals surface area contributed by atoms with Crippen molar-refractivity contribution in [2.24, 2.45) is 0 Å². The smallest absolute Gasteiger partial charge is 0.411 e. The molecule has 3 heterocycles. The van der Waals surface area contributed by atoms with E-state index in [0.717, 1.165) is 0 Å². The Bertz CT molecular complexity index is 2070. The summed E-state index contributed by atoms with van der Waals surface area (Å²) in [7, 11) is -2.72. The second-order valence-electron chi connectivity index (χ2n) is 14.3. The number of amides is 1. The van der Waals surface area contributed by atoms with E-state index >= 15 is 0 Å². The van der Waals surface area contributed by atoms with Crippen LogP contribution in [0.1, 0.15) is 74.1 Å². The minimum atomic E-state index is -4.10. The van der Waals surface area contributed by atoms with Gasteiger partial charge in [-0.25, -0.2) is 31.6 Å². The van der Waals surface area contributed by atoms with Gasteiger partial charge in [0.2, 0.25) is 21.6 Å². The van der Waals surface area contributed by atoms with Crippen molar-refractivity contribution >= 4 is 81.1 Å². The molecule has 2 aromatic heterocycles. The van der Waals surface area contributed by atoms with Crippen LogP contribution < -0.4 is 5.32 Å². The number of carbonyl (C=O) groups excluding carboxylic acids is 1. The average molecular weight is 766 g/mol. The first-order valence-electron chi connectivity index (χ1n) is 14.9. The third-order valence-electron chi connectivity index (χ3n) is 6.92. The number of hydrogen-bond acceptors (Lipinski definition) is 11. The summed E-state index contributed by atoms with van der Waals surface area (Å²) < 4.78 is 67.3. The molecule has 5 rings (SSSR count). The normalized spacial score (nSPS) is 16.6. The predicted octanol–water partition coefficient (Wildman–Crippen LogP) is 7.43. The van der Waals surface area contributed by atoms with Gasteiger partial charge in [0.1, 0.15) is 26.4 Å². The van der Waals surface area contributed by atoms with E-state index in [9.17, 15) is 21.6 Å². The van der Waals surface area contributed by atoms with Crippen molar-refractivity contribution in [3.63, 3.8) is 0 Å². The van der Waals surface area contributed by atoms with Crippen molar-refractivity contribution in [1.82, 2.24) is 20.2 Å². The van der Waals surface area contributed by atoms with Gasteiger partial charge in [0.25, 0.3) is 9.05 Å². The number of piperazine rings is 1. The van der Waals surface area contributed by atoms with Crippen LogP contribution in [0.5, 0.6) is 0 Å². The summed E-state index contributed by atoms with van der Waals surface area (Å²) in [6, 6.07) is 6.15. The molecule has 0 bridgehead atoms. The molecular formula is C31H39Cl3N4O8S2. The lowest BCUT2D eigenvalue weighted by atomic mass is 9.97. The van der Waals surface area contributed by atoms with Crippen LogP contribution in [-0.2, 0) is 34.5 Å². The minimum Gasteiger partial charge on any atom is -0.444 e. The highest BCUT2D eigenvalue weighted by Gasteiger charge is 2.42. The SMILES string of the molecule is CC(C)(C)OC(=O)N1CCNCC1S(=O)(=O)c1c(Cl)ccc2nc(C(C)(C)C)oc12.CC(C)(C)c1nc2ccc(Cl)c(S(=O)(=O)Cl)c2o1. The van der Waals surface area contributed by atoms with E-state index in [4.69, 9.17) is 47.5 Å². The number of benzene rings is 2. The molecule has 1 amide bonds. The van der Waals surface area contributed by atoms with Crippen LogP contribution >= 0.6 is 33.9 Å². The average Bonchev–Trinajstić information content (AvgIpc) is 3.56. The molecule has 0 radical (unpaired) electrons. The molecule has 0 aliphatic carbocycles. The van der Waals surface area contributed by atoms with Crippen LogP contribution in [0.4, 0.5) is 4.79 Å². The number of halogens is 3. The fourth-order valence-electron chi connectivity index (χ4n) is 4.64. The number of hydrogen-bond donors (Lipinski definition) is 1. The standard InChI is InChI=1S/C20H28ClN3O5S.C11H11Cl2NO3S/c1-19(2,3)17-23-13-8-7-12(21)16(15(13)28-17)30(26,27)14-11-22-9-10-24(14)18(25)29-20(4,5)6;1-11(2,3)10-14-7-5-4-6(12)9(8(7)17-10)18(13,15)16/h7-8,14,22H,9-11H2,1-6H3;4-5H,1-3H3. The summed E-state index contributed by atoms with van der Waals surface area (Å²) in [6.45, 7) is 17.4. The van der Waals surface area contributed by atoms with Crippen LogP contribution in [0, 0.1) is 0 Å². The lowest BCUT2D eigenvalue weighted by Crippen LogP contribution is -2.57. The fraction of sp³-hybridized carbons (Fsp3) is 0.516. The topological polar surface area (TPSA) is 162 Å². The van der Waals surface area contributed by atoms with Gasteiger partial charge < -0.3 is 18.9 Å². The zero-order valence-corrected chi connectivity index (χ0v) is 32.0. The van der Waals surface area contributed by atoms with Crippen LogP contribution in [-0.4, -0.2) is 68.4 Å². The molecule has 4 aromatic rings. The van der Waals surface area contributed by atoms with E-state index in [1.807, 2.05) is 41.5 Å². The largest absolute Gasteiger partial charge is 0.444 e. The van der Waals surface area contributed by atoms with Gasteiger partial charge in [-0.3, -0.25) is 4.90 Å². The molecule has 1 aliphatic rings. The Labute approximate surface area is 294 Å². The maximum atomic E-state index is 13.7. The van der Waals surface area contributed by atoms with Crippen LogP contribution in [0.15, 0.2) is 42.9 Å². The van der Waals surface area contributed by atoms with Crippen molar-refractivity contribution in [1.29, 1.82) is 0 Å². The molecular weight excluding hydrogens is 727 g/mol. The molecule has 0 saturated carbocycles. The van der Waals surface area contributed by atoms with E-state index in [1.54, 1.807) is 32.9 Å². The van der Waals surface area contributed by atoms with Gasteiger partial charge in [0.15, 0.2) is 16.5 Å². The second-order valence-corrected chi connectivity index (χ2v) is 19.7. The number of nitrogens with zero attached hydrogens (tertiary/aromatic N) is 3. The molecule has 1 unspecified atom stereocenters. The molecule has 0 spiro atoms. The van der Waals surface area contributed by atoms with Crippen molar-refractivity contribution < 1.29 is 35.2 Å². The Hall–Kier alpha value is -2.62. The zero-order valence-electron chi connectivity index (χ0n) is 28.1. The quantitative estimate of drug-likeness (QED) is 0.207. The zero-order chi connectivity index (χ0) is 36.2. The number of nitrogens with one attached hydrogen (secondary N) is 1. The number of aromatic nitrogens is 2. The Morgan fingerprint density at radius 1 is 0.833 bits per heavy atom. The Morgan fingerprint density at radius 2 is 1.29 bits per heavy atom. The van der Waals surface area contributed by atoms with E-state index in [-0.39, 0.29) is 49.5 Å². The first kappa shape index (κ1) is 38.2. The molecule has 2 aromatic carbocycles. The first-order chi connectivity index (χ1) is 21.8. The third kappa shape index (κ3) is 8.22. The maximum Gasteiger partial charge on any atom is 0.411 e. The summed E-state index contributed by atoms with van der Waals surface area (Å²) in [5.74, 6) is 0.836. The lowest BCUT2D eigenvalue weighted by molar-refractivity contribution is 0.0193. The van der Waals surface area contributed by atoms with Crippen molar-refractivity contribution in [3.05, 3.63) is 46.1 Å². The van der Waals surface area contributed by atoms with Crippen molar-refractivity contribution in [2.75, 3.05) is 19.6 Å². The molecule has 1 fully saturated rings. The van der Waals surface area contributed by atoms with Gasteiger partial charge >= 0.3 is 6.09 Å². The highest BCUT2D eigenvalue weighted by Crippen LogP contribution is 2.38. The van der Waals surface area contributed by atoms with E-state index in [2.05, 4.69) is 15.3 Å². The van der Waals surface area contributed by atoms with Gasteiger partial charge in [-0.15, -0.1) is 0 Å². The number of carbonyl (C=O) groups is 1. The van der Waals surface area contributed by atoms with Gasteiger partial charge in [0, 0.05) is 41.1 Å². The van der Waals surface area contributed by atoms with E-state index in [1.165, 1.54) is 17.0 Å². The molecule has 48 heavy (non-hydrogen) atoms. The van der Waals surface area contributed by atoms with E-state index < -0.39 is 41.4 Å². The minimum absolute atomic E-state index is 0.0221. The highest BCUT2D eigenvalue weighted by molar-refractivity contribution is 8.14. The molecule has 1 aliphatic heterocycles. The Kier molecular flexibility index (Phi) is 10.5. The summed E-state index contributed by atoms with van der Waals surface area (Å²) in [5.41, 5.74) is -0.482. The number of oxazole rings is 2. The third-order valence-corrected chi connectivity index (χ3v) is 11.2. The monoisotopic (exact) mass is 764 g/mol. The second kappa shape index (κ2) is 13.3. The molecule has 17 heteroatoms. The Morgan fingerprint density at radius 3 is 1.73 bits per heavy atom. The highest BCUT2D eigenvalue weighted by atomic mass is 35.7. The van der Waals surface area contributed by atoms with Crippen LogP contribution in [0.3, 0.4) is 0 Å². The van der Waals surface area contributed by atoms with E-state index in [0.29, 0.717) is 29.4 Å². The Balaban J connectivity index is 0.000000246. The van der Waals surface area contributed by atoms with Gasteiger partial charge in [0.05, 0.1) is 10.0 Å². The number of rotatable bonds is 3. The fourth-order valence-corrected chi connectivity index (χ4v) is 8.70. The maximum absolute atomic E-state index is 13.7. The number of fused-ring (bicyclic) bond motifs is 2. The van der Waals surface area contributed by atoms with Gasteiger partial charge in [-0.2, -0.15) is 0 Å². The lowest BCUT2D eigenvalue weighted by Gasteiger charge is -2.36. The molecule has 1 atom stereocenters. The van der Waals surface area contributed by atoms with Crippen molar-refractivity contribution in [3.8, 4) is 0 Å². The van der Waals surface area contributed by atoms with Gasteiger partial charge in [-0.1, -0.05) is 64.7 Å². The van der Waals surface area contributed by atoms with Crippen LogP contribution in [0.2, 0.25) is 10.0 Å². The van der Waals surface area contributed by atoms with Crippen LogP contribution in [0.25, 0.3) is 22.2 Å². The summed E-state index contributed by atoms with van der Waals surface area (Å²) >= 11 is 12.2.